The van der Waals surface area contributed by atoms with Crippen LogP contribution in [0.5, 0.6) is 0 Å². The van der Waals surface area contributed by atoms with Gasteiger partial charge >= 0.3 is 0 Å². The quantitative estimate of drug-likeness (QED) is 0.512. The number of carbonyl (C=O) groups is 1. The van der Waals surface area contributed by atoms with Crippen molar-refractivity contribution < 1.29 is 4.79 Å². The zero-order valence-corrected chi connectivity index (χ0v) is 16.7. The van der Waals surface area contributed by atoms with Crippen molar-refractivity contribution in [3.63, 3.8) is 0 Å². The molecule has 0 unspecified atom stereocenters. The Labute approximate surface area is 175 Å². The van der Waals surface area contributed by atoms with Crippen LogP contribution in [-0.2, 0) is 11.2 Å². The van der Waals surface area contributed by atoms with Crippen molar-refractivity contribution in [1.29, 1.82) is 0 Å². The Kier molecular flexibility index (Phi) is 5.94. The fourth-order valence-corrected chi connectivity index (χ4v) is 3.44. The second-order valence-corrected chi connectivity index (χ2v) is 7.21. The number of hydrogen-bond donors (Lipinski definition) is 1. The molecule has 0 radical (unpaired) electrons. The zero-order chi connectivity index (χ0) is 20.8. The van der Waals surface area contributed by atoms with Gasteiger partial charge in [-0.05, 0) is 39.6 Å². The molecule has 0 saturated heterocycles. The van der Waals surface area contributed by atoms with E-state index in [1.165, 1.54) is 16.6 Å². The molecule has 2 atom stereocenters. The van der Waals surface area contributed by atoms with Crippen LogP contribution in [0.1, 0.15) is 30.1 Å². The van der Waals surface area contributed by atoms with E-state index in [0.717, 1.165) is 16.7 Å². The van der Waals surface area contributed by atoms with Gasteiger partial charge in [0.15, 0.2) is 0 Å². The van der Waals surface area contributed by atoms with Crippen molar-refractivity contribution in [1.82, 2.24) is 25.5 Å². The monoisotopic (exact) mass is 397 g/mol. The molecule has 30 heavy (non-hydrogen) atoms. The fourth-order valence-electron chi connectivity index (χ4n) is 3.44. The number of benzene rings is 3. The topological polar surface area (TPSA) is 72.7 Å². The molecule has 0 aliphatic rings. The lowest BCUT2D eigenvalue weighted by atomic mass is 10.0. The van der Waals surface area contributed by atoms with Crippen LogP contribution in [0.15, 0.2) is 91.3 Å². The van der Waals surface area contributed by atoms with Gasteiger partial charge < -0.3 is 5.32 Å². The first-order chi connectivity index (χ1) is 14.7. The van der Waals surface area contributed by atoms with Gasteiger partial charge in [0.2, 0.25) is 5.91 Å². The van der Waals surface area contributed by atoms with E-state index < -0.39 is 6.04 Å². The number of tetrazole rings is 1. The number of nitrogens with one attached hydrogen (secondary N) is 1. The summed E-state index contributed by atoms with van der Waals surface area (Å²) in [4.78, 5) is 13.1. The van der Waals surface area contributed by atoms with E-state index in [9.17, 15) is 4.79 Å². The van der Waals surface area contributed by atoms with E-state index in [4.69, 9.17) is 0 Å². The minimum absolute atomic E-state index is 0.120. The molecule has 0 spiro atoms. The lowest BCUT2D eigenvalue weighted by molar-refractivity contribution is -0.125. The highest BCUT2D eigenvalue weighted by Crippen LogP contribution is 2.22. The minimum Gasteiger partial charge on any atom is -0.348 e. The van der Waals surface area contributed by atoms with Gasteiger partial charge in [0.25, 0.3) is 0 Å². The lowest BCUT2D eigenvalue weighted by Crippen LogP contribution is -2.35. The fraction of sp³-hybridized carbons (Fsp3) is 0.167. The van der Waals surface area contributed by atoms with Crippen LogP contribution in [0.2, 0.25) is 0 Å². The predicted molar refractivity (Wildman–Crippen MR) is 115 cm³/mol. The third-order valence-corrected chi connectivity index (χ3v) is 5.14. The van der Waals surface area contributed by atoms with E-state index in [2.05, 4.69) is 57.2 Å². The van der Waals surface area contributed by atoms with Crippen LogP contribution in [0, 0.1) is 0 Å². The number of amides is 1. The number of hydrogen-bond acceptors (Lipinski definition) is 4. The smallest absolute Gasteiger partial charge is 0.245 e. The van der Waals surface area contributed by atoms with Gasteiger partial charge in [-0.1, -0.05) is 84.9 Å². The van der Waals surface area contributed by atoms with Crippen molar-refractivity contribution in [2.24, 2.45) is 0 Å². The largest absolute Gasteiger partial charge is 0.348 e. The Morgan fingerprint density at radius 2 is 1.53 bits per heavy atom. The first kappa shape index (κ1) is 19.5. The maximum absolute atomic E-state index is 13.1. The summed E-state index contributed by atoms with van der Waals surface area (Å²) in [7, 11) is 0. The van der Waals surface area contributed by atoms with Crippen molar-refractivity contribution >= 4 is 5.91 Å². The SMILES string of the molecule is C[C@@H](NC(=O)[C@@H](Cc1ccccc1)n1cnnn1)c1ccc(-c2ccccc2)cc1. The molecule has 4 aromatic rings. The molecule has 1 aromatic heterocycles. The molecule has 0 fully saturated rings. The Morgan fingerprint density at radius 1 is 0.900 bits per heavy atom. The third-order valence-electron chi connectivity index (χ3n) is 5.14. The lowest BCUT2D eigenvalue weighted by Gasteiger charge is -2.20. The number of carbonyl (C=O) groups excluding carboxylic acids is 1. The van der Waals surface area contributed by atoms with Gasteiger partial charge in [-0.3, -0.25) is 4.79 Å². The highest BCUT2D eigenvalue weighted by Gasteiger charge is 2.24. The summed E-state index contributed by atoms with van der Waals surface area (Å²) in [6.45, 7) is 1.98. The number of rotatable bonds is 7. The molecule has 6 heteroatoms. The molecule has 0 bridgehead atoms. The average molecular weight is 397 g/mol. The standard InChI is InChI=1S/C24H23N5O/c1-18(20-12-14-22(15-13-20)21-10-6-3-7-11-21)26-24(30)23(29-17-25-27-28-29)16-19-8-4-2-5-9-19/h2-15,17-18,23H,16H2,1H3,(H,26,30)/t18-,23-/m1/s1. The molecule has 1 heterocycles. The average Bonchev–Trinajstić information content (AvgIpc) is 3.33. The zero-order valence-electron chi connectivity index (χ0n) is 16.7. The van der Waals surface area contributed by atoms with Crippen molar-refractivity contribution in [3.05, 3.63) is 102 Å². The minimum atomic E-state index is -0.520. The highest BCUT2D eigenvalue weighted by atomic mass is 16.2. The number of nitrogens with zero attached hydrogens (tertiary/aromatic N) is 4. The Hall–Kier alpha value is -3.80. The molecule has 3 aromatic carbocycles. The number of aromatic nitrogens is 4. The normalized spacial score (nSPS) is 12.8. The molecule has 1 N–H and O–H groups in total. The summed E-state index contributed by atoms with van der Waals surface area (Å²) in [6.07, 6.45) is 1.99. The van der Waals surface area contributed by atoms with Crippen LogP contribution in [0.25, 0.3) is 11.1 Å². The summed E-state index contributed by atoms with van der Waals surface area (Å²) < 4.78 is 1.51. The second-order valence-electron chi connectivity index (χ2n) is 7.21. The Bertz CT molecular complexity index is 1060. The van der Waals surface area contributed by atoms with Crippen molar-refractivity contribution in [2.75, 3.05) is 0 Å². The van der Waals surface area contributed by atoms with E-state index in [1.54, 1.807) is 0 Å². The molecule has 150 valence electrons. The Morgan fingerprint density at radius 3 is 2.17 bits per heavy atom. The molecule has 4 rings (SSSR count). The highest BCUT2D eigenvalue weighted by molar-refractivity contribution is 5.81. The molecular weight excluding hydrogens is 374 g/mol. The molecule has 0 saturated carbocycles. The molecule has 0 aliphatic heterocycles. The van der Waals surface area contributed by atoms with Gasteiger partial charge in [-0.25, -0.2) is 4.68 Å². The van der Waals surface area contributed by atoms with Crippen LogP contribution in [0.3, 0.4) is 0 Å². The van der Waals surface area contributed by atoms with Crippen molar-refractivity contribution in [3.8, 4) is 11.1 Å². The summed E-state index contributed by atoms with van der Waals surface area (Å²) in [5.41, 5.74) is 4.40. The van der Waals surface area contributed by atoms with Crippen LogP contribution < -0.4 is 5.32 Å². The maximum Gasteiger partial charge on any atom is 0.245 e. The Balaban J connectivity index is 1.48. The van der Waals surface area contributed by atoms with Gasteiger partial charge in [0, 0.05) is 6.42 Å². The van der Waals surface area contributed by atoms with Crippen LogP contribution in [-0.4, -0.2) is 26.1 Å². The molecular formula is C24H23N5O. The first-order valence-electron chi connectivity index (χ1n) is 9.93. The maximum atomic E-state index is 13.1. The predicted octanol–water partition coefficient (Wildman–Crippen LogP) is 4.00. The molecule has 0 aliphatic carbocycles. The second kappa shape index (κ2) is 9.13. The van der Waals surface area contributed by atoms with Gasteiger partial charge in [0.1, 0.15) is 12.4 Å². The van der Waals surface area contributed by atoms with Gasteiger partial charge in [-0.15, -0.1) is 5.10 Å². The van der Waals surface area contributed by atoms with Crippen molar-refractivity contribution in [2.45, 2.75) is 25.4 Å². The summed E-state index contributed by atoms with van der Waals surface area (Å²) in [6, 6.07) is 27.7. The van der Waals surface area contributed by atoms with Gasteiger partial charge in [0.05, 0.1) is 6.04 Å². The van der Waals surface area contributed by atoms with E-state index in [-0.39, 0.29) is 11.9 Å². The van der Waals surface area contributed by atoms with Crippen LogP contribution in [0.4, 0.5) is 0 Å². The molecule has 6 nitrogen and oxygen atoms in total. The van der Waals surface area contributed by atoms with E-state index in [0.29, 0.717) is 6.42 Å². The van der Waals surface area contributed by atoms with E-state index >= 15 is 0 Å². The van der Waals surface area contributed by atoms with E-state index in [1.807, 2.05) is 55.5 Å². The third kappa shape index (κ3) is 4.60. The van der Waals surface area contributed by atoms with Crippen LogP contribution >= 0.6 is 0 Å². The summed E-state index contributed by atoms with van der Waals surface area (Å²) >= 11 is 0. The summed E-state index contributed by atoms with van der Waals surface area (Å²) in [5.74, 6) is -0.120. The van der Waals surface area contributed by atoms with Gasteiger partial charge in [-0.2, -0.15) is 0 Å². The first-order valence-corrected chi connectivity index (χ1v) is 9.93. The molecule has 1 amide bonds. The summed E-state index contributed by atoms with van der Waals surface area (Å²) in [5, 5.41) is 14.5.